The van der Waals surface area contributed by atoms with Gasteiger partial charge in [-0.1, -0.05) is 12.1 Å². The lowest BCUT2D eigenvalue weighted by atomic mass is 9.97. The first kappa shape index (κ1) is 9.78. The highest BCUT2D eigenvalue weighted by molar-refractivity contribution is 5.78. The van der Waals surface area contributed by atoms with Gasteiger partial charge in [0.2, 0.25) is 0 Å². The molecule has 0 fully saturated rings. The monoisotopic (exact) mass is 241 g/mol. The molecule has 18 heavy (non-hydrogen) atoms. The number of rotatable bonds is 1. The van der Waals surface area contributed by atoms with E-state index in [1.165, 1.54) is 5.69 Å². The van der Waals surface area contributed by atoms with E-state index in [0.717, 1.165) is 35.3 Å². The number of aromatic amines is 1. The van der Waals surface area contributed by atoms with E-state index in [1.54, 1.807) is 6.33 Å². The third-order valence-electron chi connectivity index (χ3n) is 3.38. The zero-order chi connectivity index (χ0) is 11.9. The minimum absolute atomic E-state index is 0.0515. The fraction of sp³-hybridized carbons (Fsp3) is 0.250. The van der Waals surface area contributed by atoms with Crippen molar-refractivity contribution < 1.29 is 4.63 Å². The molecule has 3 heterocycles. The van der Waals surface area contributed by atoms with Crippen LogP contribution in [0.1, 0.15) is 23.0 Å². The van der Waals surface area contributed by atoms with Crippen LogP contribution < -0.4 is 5.32 Å². The van der Waals surface area contributed by atoms with Crippen molar-refractivity contribution in [3.63, 3.8) is 0 Å². The Labute approximate surface area is 102 Å². The lowest BCUT2D eigenvalue weighted by Crippen LogP contribution is -2.30. The van der Waals surface area contributed by atoms with Crippen LogP contribution in [-0.4, -0.2) is 26.8 Å². The van der Waals surface area contributed by atoms with Gasteiger partial charge in [-0.25, -0.2) is 9.61 Å². The lowest BCUT2D eigenvalue weighted by molar-refractivity contribution is 0.315. The predicted octanol–water partition coefficient (Wildman–Crippen LogP) is 1.18. The molecule has 0 saturated heterocycles. The largest absolute Gasteiger partial charge is 0.348 e. The van der Waals surface area contributed by atoms with E-state index < -0.39 is 0 Å². The van der Waals surface area contributed by atoms with Crippen molar-refractivity contribution in [1.29, 1.82) is 0 Å². The predicted molar refractivity (Wildman–Crippen MR) is 63.9 cm³/mol. The first-order valence-corrected chi connectivity index (χ1v) is 5.90. The van der Waals surface area contributed by atoms with Crippen LogP contribution in [0.4, 0.5) is 0 Å². The highest BCUT2D eigenvalue weighted by Crippen LogP contribution is 2.29. The van der Waals surface area contributed by atoms with Gasteiger partial charge < -0.3 is 10.3 Å². The van der Waals surface area contributed by atoms with Crippen molar-refractivity contribution in [3.8, 4) is 0 Å². The second-order valence-electron chi connectivity index (χ2n) is 4.38. The second-order valence-corrected chi connectivity index (χ2v) is 4.38. The van der Waals surface area contributed by atoms with Crippen molar-refractivity contribution in [3.05, 3.63) is 41.5 Å². The molecule has 0 bridgehead atoms. The van der Waals surface area contributed by atoms with Crippen molar-refractivity contribution >= 4 is 11.0 Å². The number of aromatic nitrogens is 4. The fourth-order valence-corrected chi connectivity index (χ4v) is 2.54. The summed E-state index contributed by atoms with van der Waals surface area (Å²) in [5.74, 6) is 0. The molecule has 0 saturated carbocycles. The second kappa shape index (κ2) is 3.64. The van der Waals surface area contributed by atoms with Crippen LogP contribution in [0.2, 0.25) is 0 Å². The molecule has 0 unspecified atom stereocenters. The Morgan fingerprint density at radius 1 is 1.28 bits per heavy atom. The van der Waals surface area contributed by atoms with Crippen LogP contribution in [0.25, 0.3) is 11.0 Å². The average Bonchev–Trinajstić information content (AvgIpc) is 3.06. The van der Waals surface area contributed by atoms with Crippen molar-refractivity contribution in [2.45, 2.75) is 12.5 Å². The Hall–Kier alpha value is -2.21. The highest BCUT2D eigenvalue weighted by Gasteiger charge is 2.26. The minimum Gasteiger partial charge on any atom is -0.348 e. The van der Waals surface area contributed by atoms with Gasteiger partial charge in [0, 0.05) is 24.2 Å². The van der Waals surface area contributed by atoms with E-state index in [4.69, 9.17) is 4.63 Å². The number of nitrogens with one attached hydrogen (secondary N) is 2. The summed E-state index contributed by atoms with van der Waals surface area (Å²) in [6.07, 6.45) is 2.71. The molecule has 6 nitrogen and oxygen atoms in total. The number of fused-ring (bicyclic) bond motifs is 2. The van der Waals surface area contributed by atoms with Crippen LogP contribution >= 0.6 is 0 Å². The number of nitrogens with zero attached hydrogens (tertiary/aromatic N) is 3. The summed E-state index contributed by atoms with van der Waals surface area (Å²) in [6, 6.07) is 5.94. The molecule has 1 aromatic carbocycles. The molecule has 0 aliphatic carbocycles. The summed E-state index contributed by atoms with van der Waals surface area (Å²) in [4.78, 5) is 7.60. The van der Waals surface area contributed by atoms with Gasteiger partial charge in [-0.15, -0.1) is 0 Å². The number of imidazole rings is 1. The smallest absolute Gasteiger partial charge is 0.140 e. The van der Waals surface area contributed by atoms with Crippen LogP contribution in [-0.2, 0) is 6.42 Å². The van der Waals surface area contributed by atoms with E-state index >= 15 is 0 Å². The van der Waals surface area contributed by atoms with Crippen LogP contribution in [0.3, 0.4) is 0 Å². The van der Waals surface area contributed by atoms with Crippen molar-refractivity contribution in [1.82, 2.24) is 25.6 Å². The molecule has 6 heteroatoms. The van der Waals surface area contributed by atoms with Gasteiger partial charge >= 0.3 is 0 Å². The number of H-pyrrole nitrogens is 1. The molecule has 0 amide bonds. The maximum atomic E-state index is 4.81. The van der Waals surface area contributed by atoms with E-state index in [9.17, 15) is 0 Å². The Balaban J connectivity index is 1.92. The van der Waals surface area contributed by atoms with E-state index in [1.807, 2.05) is 18.2 Å². The van der Waals surface area contributed by atoms with E-state index in [2.05, 4.69) is 25.6 Å². The first-order valence-electron chi connectivity index (χ1n) is 5.90. The summed E-state index contributed by atoms with van der Waals surface area (Å²) in [5.41, 5.74) is 4.86. The molecule has 0 spiro atoms. The van der Waals surface area contributed by atoms with Gasteiger partial charge in [0.25, 0.3) is 0 Å². The average molecular weight is 241 g/mol. The molecular formula is C12H11N5O. The highest BCUT2D eigenvalue weighted by atomic mass is 16.6. The molecule has 1 aliphatic rings. The molecular weight excluding hydrogens is 230 g/mol. The molecule has 1 aliphatic heterocycles. The van der Waals surface area contributed by atoms with Gasteiger partial charge in [-0.2, -0.15) is 0 Å². The Kier molecular flexibility index (Phi) is 1.98. The number of hydrogen-bond acceptors (Lipinski definition) is 5. The van der Waals surface area contributed by atoms with E-state index in [0.29, 0.717) is 0 Å². The normalized spacial score (nSPS) is 19.0. The quantitative estimate of drug-likeness (QED) is 0.668. The minimum atomic E-state index is 0.0515. The van der Waals surface area contributed by atoms with Gasteiger partial charge in [-0.3, -0.25) is 0 Å². The topological polar surface area (TPSA) is 79.6 Å². The molecule has 3 aromatic rings. The number of benzene rings is 1. The molecule has 90 valence electrons. The van der Waals surface area contributed by atoms with Gasteiger partial charge in [0.1, 0.15) is 11.0 Å². The zero-order valence-electron chi connectivity index (χ0n) is 9.55. The standard InChI is InChI=1S/C12H11N5O/c1-2-7(10-9(3-1)16-18-17-10)11-12-8(4-5-13-11)14-6-15-12/h1-3,6,11,13H,4-5H2,(H,14,15)/t11-/m1/s1. The molecule has 2 N–H and O–H groups in total. The summed E-state index contributed by atoms with van der Waals surface area (Å²) in [5, 5.41) is 11.3. The maximum Gasteiger partial charge on any atom is 0.140 e. The summed E-state index contributed by atoms with van der Waals surface area (Å²) < 4.78 is 4.81. The Bertz CT molecular complexity index is 701. The Morgan fingerprint density at radius 2 is 2.28 bits per heavy atom. The maximum absolute atomic E-state index is 4.81. The van der Waals surface area contributed by atoms with Crippen LogP contribution in [0.5, 0.6) is 0 Å². The van der Waals surface area contributed by atoms with E-state index in [-0.39, 0.29) is 6.04 Å². The van der Waals surface area contributed by atoms with Crippen molar-refractivity contribution in [2.75, 3.05) is 6.54 Å². The third kappa shape index (κ3) is 1.29. The van der Waals surface area contributed by atoms with Gasteiger partial charge in [0.05, 0.1) is 18.1 Å². The SMILES string of the molecule is c1cc([C@H]2NCCc3[nH]cnc32)c2nonc2c1. The third-order valence-corrected chi connectivity index (χ3v) is 3.38. The molecule has 2 aromatic heterocycles. The summed E-state index contributed by atoms with van der Waals surface area (Å²) >= 11 is 0. The van der Waals surface area contributed by atoms with Crippen molar-refractivity contribution in [2.24, 2.45) is 0 Å². The van der Waals surface area contributed by atoms with Gasteiger partial charge in [0.15, 0.2) is 0 Å². The fourth-order valence-electron chi connectivity index (χ4n) is 2.54. The molecule has 4 rings (SSSR count). The molecule has 1 atom stereocenters. The van der Waals surface area contributed by atoms with Crippen LogP contribution in [0, 0.1) is 0 Å². The first-order chi connectivity index (χ1) is 8.93. The molecule has 0 radical (unpaired) electrons. The summed E-state index contributed by atoms with van der Waals surface area (Å²) in [7, 11) is 0. The summed E-state index contributed by atoms with van der Waals surface area (Å²) in [6.45, 7) is 0.918. The van der Waals surface area contributed by atoms with Crippen LogP contribution in [0.15, 0.2) is 29.2 Å². The van der Waals surface area contributed by atoms with Gasteiger partial charge in [-0.05, 0) is 16.4 Å². The zero-order valence-corrected chi connectivity index (χ0v) is 9.55. The Morgan fingerprint density at radius 3 is 3.28 bits per heavy atom. The number of hydrogen-bond donors (Lipinski definition) is 2. The lowest BCUT2D eigenvalue weighted by Gasteiger charge is -2.23.